The van der Waals surface area contributed by atoms with Gasteiger partial charge in [0.25, 0.3) is 0 Å². The maximum Gasteiger partial charge on any atom is 0.0164 e. The lowest BCUT2D eigenvalue weighted by atomic mass is 10.6. The molecule has 0 atom stereocenters. The summed E-state index contributed by atoms with van der Waals surface area (Å²) in [5, 5.41) is 0. The van der Waals surface area contributed by atoms with Crippen LogP contribution in [0.2, 0.25) is 0 Å². The molecule has 0 fully saturated rings. The second kappa shape index (κ2) is 4.59. The van der Waals surface area contributed by atoms with Crippen molar-refractivity contribution in [2.24, 2.45) is 0 Å². The summed E-state index contributed by atoms with van der Waals surface area (Å²) in [7, 11) is 4.10. The lowest BCUT2D eigenvalue weighted by Gasteiger charge is -2.01. The van der Waals surface area contributed by atoms with Crippen LogP contribution in [-0.4, -0.2) is 25.5 Å². The summed E-state index contributed by atoms with van der Waals surface area (Å²) >= 11 is 2.21. The number of halogens is 1. The largest absolute Gasteiger partial charge is 0.306 e. The monoisotopic (exact) mass is 211 g/mol. The van der Waals surface area contributed by atoms with E-state index in [4.69, 9.17) is 0 Å². The molecule has 0 aromatic carbocycles. The van der Waals surface area contributed by atoms with Crippen molar-refractivity contribution in [3.8, 4) is 0 Å². The molecule has 2 heteroatoms. The molecule has 0 radical (unpaired) electrons. The van der Waals surface area contributed by atoms with Crippen LogP contribution in [0.1, 0.15) is 0 Å². The standard InChI is InChI=1S/C5H10IN/c1-7(2)5-3-4-6/h3-4H,5H2,1-2H3/b4-3+. The lowest BCUT2D eigenvalue weighted by molar-refractivity contribution is 0.457. The Morgan fingerprint density at radius 1 is 1.57 bits per heavy atom. The van der Waals surface area contributed by atoms with Crippen LogP contribution >= 0.6 is 22.6 Å². The molecule has 0 aliphatic heterocycles. The minimum Gasteiger partial charge on any atom is -0.306 e. The van der Waals surface area contributed by atoms with E-state index in [1.54, 1.807) is 0 Å². The first-order chi connectivity index (χ1) is 3.27. The maximum atomic E-state index is 2.21. The highest BCUT2D eigenvalue weighted by molar-refractivity contribution is 14.1. The van der Waals surface area contributed by atoms with Crippen LogP contribution in [0.5, 0.6) is 0 Å². The van der Waals surface area contributed by atoms with Gasteiger partial charge in [0.15, 0.2) is 0 Å². The third-order valence-electron chi connectivity index (χ3n) is 0.560. The van der Waals surface area contributed by atoms with E-state index in [2.05, 4.69) is 47.7 Å². The third-order valence-corrected chi connectivity index (χ3v) is 1.07. The zero-order valence-corrected chi connectivity index (χ0v) is 6.84. The highest BCUT2D eigenvalue weighted by atomic mass is 127. The van der Waals surface area contributed by atoms with Gasteiger partial charge >= 0.3 is 0 Å². The van der Waals surface area contributed by atoms with E-state index >= 15 is 0 Å². The van der Waals surface area contributed by atoms with Crippen molar-refractivity contribution < 1.29 is 0 Å². The summed E-state index contributed by atoms with van der Waals surface area (Å²) in [4.78, 5) is 2.12. The van der Waals surface area contributed by atoms with E-state index in [0.29, 0.717) is 0 Å². The molecule has 0 saturated heterocycles. The first-order valence-electron chi connectivity index (χ1n) is 2.17. The Morgan fingerprint density at radius 2 is 2.14 bits per heavy atom. The highest BCUT2D eigenvalue weighted by Gasteiger charge is 1.77. The quantitative estimate of drug-likeness (QED) is 0.625. The molecule has 0 aromatic rings. The van der Waals surface area contributed by atoms with Crippen molar-refractivity contribution in [2.45, 2.75) is 0 Å². The topological polar surface area (TPSA) is 3.24 Å². The zero-order valence-electron chi connectivity index (χ0n) is 4.69. The average Bonchev–Trinajstić information content (AvgIpc) is 1.61. The number of hydrogen-bond acceptors (Lipinski definition) is 1. The van der Waals surface area contributed by atoms with Crippen molar-refractivity contribution in [3.05, 3.63) is 10.2 Å². The predicted octanol–water partition coefficient (Wildman–Crippen LogP) is 1.50. The molecule has 0 aromatic heterocycles. The fourth-order valence-corrected chi connectivity index (χ4v) is 0.478. The summed E-state index contributed by atoms with van der Waals surface area (Å²) in [6.07, 6.45) is 2.11. The molecule has 0 aliphatic carbocycles. The molecule has 0 aliphatic rings. The molecule has 42 valence electrons. The van der Waals surface area contributed by atoms with Gasteiger partial charge in [0, 0.05) is 6.54 Å². The highest BCUT2D eigenvalue weighted by Crippen LogP contribution is 1.83. The average molecular weight is 211 g/mol. The number of rotatable bonds is 2. The molecule has 0 spiro atoms. The molecular weight excluding hydrogens is 201 g/mol. The maximum absolute atomic E-state index is 2.21. The lowest BCUT2D eigenvalue weighted by Crippen LogP contribution is -2.09. The van der Waals surface area contributed by atoms with Crippen molar-refractivity contribution in [2.75, 3.05) is 20.6 Å². The number of hydrogen-bond donors (Lipinski definition) is 0. The van der Waals surface area contributed by atoms with Crippen molar-refractivity contribution in [3.63, 3.8) is 0 Å². The van der Waals surface area contributed by atoms with Crippen molar-refractivity contribution >= 4 is 22.6 Å². The van der Waals surface area contributed by atoms with E-state index in [1.807, 2.05) is 4.08 Å². The summed E-state index contributed by atoms with van der Waals surface area (Å²) < 4.78 is 2.03. The van der Waals surface area contributed by atoms with Crippen LogP contribution in [0.4, 0.5) is 0 Å². The first-order valence-corrected chi connectivity index (χ1v) is 3.42. The van der Waals surface area contributed by atoms with Crippen LogP contribution in [0.3, 0.4) is 0 Å². The number of likely N-dealkylation sites (N-methyl/N-ethyl adjacent to an activating group) is 1. The normalized spacial score (nSPS) is 11.4. The van der Waals surface area contributed by atoms with Gasteiger partial charge in [-0.05, 0) is 18.2 Å². The van der Waals surface area contributed by atoms with Crippen LogP contribution < -0.4 is 0 Å². The van der Waals surface area contributed by atoms with Gasteiger partial charge in [-0.1, -0.05) is 28.7 Å². The third kappa shape index (κ3) is 6.43. The van der Waals surface area contributed by atoms with E-state index < -0.39 is 0 Å². The summed E-state index contributed by atoms with van der Waals surface area (Å²) in [5.41, 5.74) is 0. The van der Waals surface area contributed by atoms with Crippen LogP contribution in [0, 0.1) is 0 Å². The Balaban J connectivity index is 2.97. The molecule has 0 amide bonds. The summed E-state index contributed by atoms with van der Waals surface area (Å²) in [5.74, 6) is 0. The minimum atomic E-state index is 1.04. The van der Waals surface area contributed by atoms with Crippen molar-refractivity contribution in [1.29, 1.82) is 0 Å². The Hall–Kier alpha value is 0.430. The van der Waals surface area contributed by atoms with Gasteiger partial charge in [0.05, 0.1) is 0 Å². The van der Waals surface area contributed by atoms with Gasteiger partial charge in [0.1, 0.15) is 0 Å². The van der Waals surface area contributed by atoms with Gasteiger partial charge in [-0.25, -0.2) is 0 Å². The SMILES string of the molecule is CN(C)C/C=C/I. The van der Waals surface area contributed by atoms with E-state index in [-0.39, 0.29) is 0 Å². The van der Waals surface area contributed by atoms with Gasteiger partial charge in [-0.2, -0.15) is 0 Å². The molecule has 7 heavy (non-hydrogen) atoms. The Morgan fingerprint density at radius 3 is 2.29 bits per heavy atom. The second-order valence-corrected chi connectivity index (χ2v) is 2.34. The Labute approximate surface area is 58.5 Å². The van der Waals surface area contributed by atoms with Crippen molar-refractivity contribution in [1.82, 2.24) is 4.90 Å². The van der Waals surface area contributed by atoms with Gasteiger partial charge in [-0.3, -0.25) is 0 Å². The van der Waals surface area contributed by atoms with E-state index in [0.717, 1.165) is 6.54 Å². The molecule has 0 heterocycles. The minimum absolute atomic E-state index is 1.04. The smallest absolute Gasteiger partial charge is 0.0164 e. The molecule has 0 unspecified atom stereocenters. The van der Waals surface area contributed by atoms with Gasteiger partial charge < -0.3 is 4.90 Å². The number of nitrogens with zero attached hydrogens (tertiary/aromatic N) is 1. The van der Waals surface area contributed by atoms with Gasteiger partial charge in [0.2, 0.25) is 0 Å². The molecular formula is C5H10IN. The van der Waals surface area contributed by atoms with Crippen LogP contribution in [0.15, 0.2) is 10.2 Å². The first kappa shape index (κ1) is 7.43. The summed E-state index contributed by atoms with van der Waals surface area (Å²) in [6.45, 7) is 1.04. The molecule has 0 bridgehead atoms. The Kier molecular flexibility index (Phi) is 4.87. The molecule has 0 N–H and O–H groups in total. The van der Waals surface area contributed by atoms with E-state index in [1.165, 1.54) is 0 Å². The molecule has 0 rings (SSSR count). The molecule has 1 nitrogen and oxygen atoms in total. The zero-order chi connectivity index (χ0) is 5.70. The van der Waals surface area contributed by atoms with Crippen LogP contribution in [0.25, 0.3) is 0 Å². The summed E-state index contributed by atoms with van der Waals surface area (Å²) in [6, 6.07) is 0. The van der Waals surface area contributed by atoms with Gasteiger partial charge in [-0.15, -0.1) is 0 Å². The Bertz CT molecular complexity index is 59.1. The van der Waals surface area contributed by atoms with Crippen LogP contribution in [-0.2, 0) is 0 Å². The fraction of sp³-hybridized carbons (Fsp3) is 0.600. The second-order valence-electron chi connectivity index (χ2n) is 1.62. The fourth-order valence-electron chi connectivity index (χ4n) is 0.251. The predicted molar refractivity (Wildman–Crippen MR) is 41.7 cm³/mol. The molecule has 0 saturated carbocycles. The van der Waals surface area contributed by atoms with E-state index in [9.17, 15) is 0 Å².